The van der Waals surface area contributed by atoms with E-state index in [-0.39, 0.29) is 10.6 Å². The molecule has 2 aromatic rings. The van der Waals surface area contributed by atoms with Gasteiger partial charge >= 0.3 is 0 Å². The highest BCUT2D eigenvalue weighted by Crippen LogP contribution is 2.25. The second kappa shape index (κ2) is 5.72. The van der Waals surface area contributed by atoms with Gasteiger partial charge < -0.3 is 5.32 Å². The van der Waals surface area contributed by atoms with Crippen molar-refractivity contribution in [2.24, 2.45) is 0 Å². The molecule has 0 heterocycles. The zero-order chi connectivity index (χ0) is 14.0. The van der Waals surface area contributed by atoms with E-state index in [2.05, 4.69) is 21.2 Å². The Labute approximate surface area is 123 Å². The Balaban J connectivity index is 2.28. The van der Waals surface area contributed by atoms with Crippen LogP contribution in [0.25, 0.3) is 0 Å². The lowest BCUT2D eigenvalue weighted by molar-refractivity contribution is 0.102. The third-order valence-corrected chi connectivity index (χ3v) is 3.61. The number of nitrogens with one attached hydrogen (secondary N) is 1. The molecule has 2 aromatic carbocycles. The van der Waals surface area contributed by atoms with Crippen molar-refractivity contribution in [3.63, 3.8) is 0 Å². The number of halogens is 3. The van der Waals surface area contributed by atoms with E-state index in [9.17, 15) is 9.18 Å². The number of benzene rings is 2. The fourth-order valence-electron chi connectivity index (χ4n) is 1.59. The molecule has 0 aliphatic carbocycles. The second-order valence-corrected chi connectivity index (χ2v) is 5.27. The van der Waals surface area contributed by atoms with Gasteiger partial charge in [0.05, 0.1) is 16.3 Å². The zero-order valence-electron chi connectivity index (χ0n) is 10.0. The molecule has 0 aliphatic rings. The van der Waals surface area contributed by atoms with Crippen molar-refractivity contribution in [2.75, 3.05) is 5.32 Å². The highest BCUT2D eigenvalue weighted by Gasteiger charge is 2.14. The van der Waals surface area contributed by atoms with Gasteiger partial charge in [0.15, 0.2) is 0 Å². The molecule has 1 amide bonds. The first-order chi connectivity index (χ1) is 8.99. The second-order valence-electron chi connectivity index (χ2n) is 4.04. The number of amides is 1. The summed E-state index contributed by atoms with van der Waals surface area (Å²) in [6.45, 7) is 1.94. The normalized spacial score (nSPS) is 10.3. The lowest BCUT2D eigenvalue weighted by atomic mass is 10.2. The Morgan fingerprint density at radius 2 is 2.05 bits per heavy atom. The van der Waals surface area contributed by atoms with E-state index in [4.69, 9.17) is 11.6 Å². The van der Waals surface area contributed by atoms with E-state index in [1.54, 1.807) is 6.07 Å². The Kier molecular flexibility index (Phi) is 4.22. The van der Waals surface area contributed by atoms with Crippen LogP contribution in [-0.4, -0.2) is 5.91 Å². The maximum absolute atomic E-state index is 13.3. The largest absolute Gasteiger partial charge is 0.321 e. The molecule has 0 unspecified atom stereocenters. The number of carbonyl (C=O) groups excluding carboxylic acids is 1. The minimum atomic E-state index is -0.614. The SMILES string of the molecule is Cc1ccc(NC(=O)c2cccc(F)c2Cl)c(Br)c1. The van der Waals surface area contributed by atoms with Gasteiger partial charge in [0, 0.05) is 4.47 Å². The molecule has 0 fully saturated rings. The van der Waals surface area contributed by atoms with Gasteiger partial charge in [-0.15, -0.1) is 0 Å². The molecule has 0 atom stereocenters. The van der Waals surface area contributed by atoms with E-state index < -0.39 is 11.7 Å². The average molecular weight is 343 g/mol. The molecule has 19 heavy (non-hydrogen) atoms. The van der Waals surface area contributed by atoms with E-state index >= 15 is 0 Å². The topological polar surface area (TPSA) is 29.1 Å². The first kappa shape index (κ1) is 14.0. The first-order valence-corrected chi connectivity index (χ1v) is 6.67. The summed E-state index contributed by atoms with van der Waals surface area (Å²) < 4.78 is 14.0. The van der Waals surface area contributed by atoms with Gasteiger partial charge in [0.25, 0.3) is 5.91 Å². The average Bonchev–Trinajstić information content (AvgIpc) is 2.36. The van der Waals surface area contributed by atoms with Crippen LogP contribution in [0.5, 0.6) is 0 Å². The lowest BCUT2D eigenvalue weighted by Gasteiger charge is -2.09. The fourth-order valence-corrected chi connectivity index (χ4v) is 2.39. The van der Waals surface area contributed by atoms with Crippen molar-refractivity contribution >= 4 is 39.1 Å². The summed E-state index contributed by atoms with van der Waals surface area (Å²) in [5.41, 5.74) is 1.78. The number of rotatable bonds is 2. The summed E-state index contributed by atoms with van der Waals surface area (Å²) in [5, 5.41) is 2.51. The predicted octanol–water partition coefficient (Wildman–Crippen LogP) is 4.80. The van der Waals surface area contributed by atoms with Crippen LogP contribution < -0.4 is 5.32 Å². The first-order valence-electron chi connectivity index (χ1n) is 5.50. The summed E-state index contributed by atoms with van der Waals surface area (Å²) in [5.74, 6) is -1.06. The molecule has 0 bridgehead atoms. The summed E-state index contributed by atoms with van der Waals surface area (Å²) in [6.07, 6.45) is 0. The third kappa shape index (κ3) is 3.14. The third-order valence-electron chi connectivity index (χ3n) is 2.57. The minimum Gasteiger partial charge on any atom is -0.321 e. The minimum absolute atomic E-state index is 0.106. The molecule has 0 spiro atoms. The maximum Gasteiger partial charge on any atom is 0.257 e. The summed E-state index contributed by atoms with van der Waals surface area (Å²) in [6, 6.07) is 9.64. The van der Waals surface area contributed by atoms with E-state index in [1.165, 1.54) is 18.2 Å². The highest BCUT2D eigenvalue weighted by molar-refractivity contribution is 9.10. The quantitative estimate of drug-likeness (QED) is 0.834. The van der Waals surface area contributed by atoms with Gasteiger partial charge in [-0.2, -0.15) is 0 Å². The van der Waals surface area contributed by atoms with Gasteiger partial charge in [-0.05, 0) is 52.7 Å². The van der Waals surface area contributed by atoms with Gasteiger partial charge in [0.1, 0.15) is 5.82 Å². The Morgan fingerprint density at radius 1 is 1.32 bits per heavy atom. The van der Waals surface area contributed by atoms with Crippen LogP contribution in [0, 0.1) is 12.7 Å². The van der Waals surface area contributed by atoms with Crippen molar-refractivity contribution in [2.45, 2.75) is 6.92 Å². The molecule has 1 N–H and O–H groups in total. The van der Waals surface area contributed by atoms with Crippen LogP contribution in [0.1, 0.15) is 15.9 Å². The van der Waals surface area contributed by atoms with Gasteiger partial charge in [-0.3, -0.25) is 4.79 Å². The van der Waals surface area contributed by atoms with Crippen molar-refractivity contribution in [1.29, 1.82) is 0 Å². The van der Waals surface area contributed by atoms with Gasteiger partial charge in [0.2, 0.25) is 0 Å². The fraction of sp³-hybridized carbons (Fsp3) is 0.0714. The van der Waals surface area contributed by atoms with Crippen molar-refractivity contribution in [1.82, 2.24) is 0 Å². The number of aryl methyl sites for hydroxylation is 1. The lowest BCUT2D eigenvalue weighted by Crippen LogP contribution is -2.13. The summed E-state index contributed by atoms with van der Waals surface area (Å²) >= 11 is 9.13. The number of hydrogen-bond donors (Lipinski definition) is 1. The molecule has 0 saturated carbocycles. The van der Waals surface area contributed by atoms with Crippen LogP contribution in [-0.2, 0) is 0 Å². The molecule has 0 radical (unpaired) electrons. The number of hydrogen-bond acceptors (Lipinski definition) is 1. The van der Waals surface area contributed by atoms with Crippen molar-refractivity contribution in [3.8, 4) is 0 Å². The standard InChI is InChI=1S/C14H10BrClFNO/c1-8-5-6-12(10(15)7-8)18-14(19)9-3-2-4-11(17)13(9)16/h2-7H,1H3,(H,18,19). The van der Waals surface area contributed by atoms with Crippen LogP contribution in [0.3, 0.4) is 0 Å². The molecular weight excluding hydrogens is 333 g/mol. The Hall–Kier alpha value is -1.39. The molecular formula is C14H10BrClFNO. The Bertz CT molecular complexity index is 645. The number of anilines is 1. The van der Waals surface area contributed by atoms with Crippen molar-refractivity contribution < 1.29 is 9.18 Å². The van der Waals surface area contributed by atoms with E-state index in [1.807, 2.05) is 19.1 Å². The zero-order valence-corrected chi connectivity index (χ0v) is 12.3. The van der Waals surface area contributed by atoms with Crippen molar-refractivity contribution in [3.05, 3.63) is 62.8 Å². The molecule has 0 aromatic heterocycles. The predicted molar refractivity (Wildman–Crippen MR) is 78.2 cm³/mol. The molecule has 2 nitrogen and oxygen atoms in total. The van der Waals surface area contributed by atoms with E-state index in [0.29, 0.717) is 5.69 Å². The molecule has 0 saturated heterocycles. The molecule has 98 valence electrons. The van der Waals surface area contributed by atoms with Gasteiger partial charge in [-0.1, -0.05) is 23.7 Å². The van der Waals surface area contributed by atoms with Crippen LogP contribution >= 0.6 is 27.5 Å². The molecule has 5 heteroatoms. The van der Waals surface area contributed by atoms with Crippen LogP contribution in [0.15, 0.2) is 40.9 Å². The monoisotopic (exact) mass is 341 g/mol. The van der Waals surface area contributed by atoms with Crippen LogP contribution in [0.2, 0.25) is 5.02 Å². The Morgan fingerprint density at radius 3 is 2.74 bits per heavy atom. The number of carbonyl (C=O) groups is 1. The highest BCUT2D eigenvalue weighted by atomic mass is 79.9. The maximum atomic E-state index is 13.3. The summed E-state index contributed by atoms with van der Waals surface area (Å²) in [4.78, 5) is 12.0. The van der Waals surface area contributed by atoms with Gasteiger partial charge in [-0.25, -0.2) is 4.39 Å². The molecule has 2 rings (SSSR count). The van der Waals surface area contributed by atoms with E-state index in [0.717, 1.165) is 10.0 Å². The summed E-state index contributed by atoms with van der Waals surface area (Å²) in [7, 11) is 0. The van der Waals surface area contributed by atoms with Crippen LogP contribution in [0.4, 0.5) is 10.1 Å². The molecule has 0 aliphatic heterocycles. The smallest absolute Gasteiger partial charge is 0.257 e.